The molecule has 14 heavy (non-hydrogen) atoms. The van der Waals surface area contributed by atoms with Crippen molar-refractivity contribution < 1.29 is 0 Å². The predicted molar refractivity (Wildman–Crippen MR) is 63.8 cm³/mol. The smallest absolute Gasteiger partial charge is 0.0106 e. The van der Waals surface area contributed by atoms with Crippen molar-refractivity contribution in [3.8, 4) is 0 Å². The third-order valence-electron chi connectivity index (χ3n) is 2.25. The van der Waals surface area contributed by atoms with Crippen molar-refractivity contribution >= 4 is 0 Å². The number of nitrogens with one attached hydrogen (secondary N) is 1. The largest absolute Gasteiger partial charge is 0.317 e. The molecule has 0 saturated carbocycles. The summed E-state index contributed by atoms with van der Waals surface area (Å²) in [5, 5.41) is 3.42. The zero-order valence-electron chi connectivity index (χ0n) is 10.3. The van der Waals surface area contributed by atoms with Crippen molar-refractivity contribution in [3.05, 3.63) is 0 Å². The first kappa shape index (κ1) is 13.9. The van der Waals surface area contributed by atoms with E-state index in [1.54, 1.807) is 0 Å². The fourth-order valence-electron chi connectivity index (χ4n) is 1.26. The van der Waals surface area contributed by atoms with Crippen molar-refractivity contribution in [2.45, 2.75) is 19.8 Å². The van der Waals surface area contributed by atoms with Crippen LogP contribution in [-0.2, 0) is 0 Å². The average molecular weight is 201 g/mol. The Labute approximate surface area is 89.5 Å². The number of likely N-dealkylation sites (N-methyl/N-ethyl adjacent to an activating group) is 2. The second-order valence-electron chi connectivity index (χ2n) is 4.21. The Bertz CT molecular complexity index is 115. The third kappa shape index (κ3) is 9.96. The molecule has 0 unspecified atom stereocenters. The summed E-state index contributed by atoms with van der Waals surface area (Å²) >= 11 is 0. The zero-order chi connectivity index (χ0) is 10.8. The standard InChI is InChI=1S/C11H27N3/c1-5-7-12-8-6-9-14(4)11-10-13(2)3/h12H,5-11H2,1-4H3. The van der Waals surface area contributed by atoms with Gasteiger partial charge in [0.15, 0.2) is 0 Å². The van der Waals surface area contributed by atoms with Crippen molar-refractivity contribution in [1.29, 1.82) is 0 Å². The maximum Gasteiger partial charge on any atom is 0.0106 e. The molecule has 0 aromatic rings. The van der Waals surface area contributed by atoms with E-state index in [-0.39, 0.29) is 0 Å². The second-order valence-corrected chi connectivity index (χ2v) is 4.21. The number of nitrogens with zero attached hydrogens (tertiary/aromatic N) is 2. The van der Waals surface area contributed by atoms with Gasteiger partial charge >= 0.3 is 0 Å². The summed E-state index contributed by atoms with van der Waals surface area (Å²) in [6, 6.07) is 0. The van der Waals surface area contributed by atoms with E-state index in [1.807, 2.05) is 0 Å². The van der Waals surface area contributed by atoms with Gasteiger partial charge in [-0.15, -0.1) is 0 Å². The first-order valence-corrected chi connectivity index (χ1v) is 5.70. The fourth-order valence-corrected chi connectivity index (χ4v) is 1.26. The number of hydrogen-bond donors (Lipinski definition) is 1. The summed E-state index contributed by atoms with van der Waals surface area (Å²) in [5.41, 5.74) is 0. The van der Waals surface area contributed by atoms with Gasteiger partial charge < -0.3 is 15.1 Å². The van der Waals surface area contributed by atoms with Gasteiger partial charge in [0.25, 0.3) is 0 Å². The van der Waals surface area contributed by atoms with Gasteiger partial charge in [0.2, 0.25) is 0 Å². The maximum absolute atomic E-state index is 3.42. The molecule has 0 spiro atoms. The minimum absolute atomic E-state index is 1.15. The molecule has 0 radical (unpaired) electrons. The van der Waals surface area contributed by atoms with Gasteiger partial charge in [-0.05, 0) is 53.6 Å². The Morgan fingerprint density at radius 1 is 0.929 bits per heavy atom. The molecule has 0 atom stereocenters. The number of hydrogen-bond acceptors (Lipinski definition) is 3. The van der Waals surface area contributed by atoms with E-state index < -0.39 is 0 Å². The Kier molecular flexibility index (Phi) is 9.35. The highest BCUT2D eigenvalue weighted by molar-refractivity contribution is 4.55. The predicted octanol–water partition coefficient (Wildman–Crippen LogP) is 0.870. The van der Waals surface area contributed by atoms with Gasteiger partial charge in [0, 0.05) is 13.1 Å². The lowest BCUT2D eigenvalue weighted by atomic mass is 10.3. The molecule has 0 aromatic carbocycles. The van der Waals surface area contributed by atoms with Crippen LogP contribution in [0, 0.1) is 0 Å². The summed E-state index contributed by atoms with van der Waals surface area (Å²) < 4.78 is 0. The summed E-state index contributed by atoms with van der Waals surface area (Å²) in [5.74, 6) is 0. The topological polar surface area (TPSA) is 18.5 Å². The van der Waals surface area contributed by atoms with Crippen LogP contribution in [-0.4, -0.2) is 63.7 Å². The lowest BCUT2D eigenvalue weighted by Gasteiger charge is -2.19. The quantitative estimate of drug-likeness (QED) is 0.559. The van der Waals surface area contributed by atoms with Gasteiger partial charge in [-0.25, -0.2) is 0 Å². The highest BCUT2D eigenvalue weighted by Gasteiger charge is 1.98. The average Bonchev–Trinajstić information content (AvgIpc) is 2.14. The normalized spacial score (nSPS) is 11.6. The van der Waals surface area contributed by atoms with Gasteiger partial charge in [0.1, 0.15) is 0 Å². The Hall–Kier alpha value is -0.120. The Balaban J connectivity index is 3.14. The van der Waals surface area contributed by atoms with E-state index in [4.69, 9.17) is 0 Å². The van der Waals surface area contributed by atoms with Crippen molar-refractivity contribution in [2.24, 2.45) is 0 Å². The molecule has 1 N–H and O–H groups in total. The summed E-state index contributed by atoms with van der Waals surface area (Å²) in [7, 11) is 6.44. The Morgan fingerprint density at radius 2 is 1.64 bits per heavy atom. The monoisotopic (exact) mass is 201 g/mol. The summed E-state index contributed by atoms with van der Waals surface area (Å²) in [6.45, 7) is 8.03. The first-order valence-electron chi connectivity index (χ1n) is 5.70. The SMILES string of the molecule is CCCNCCCN(C)CCN(C)C. The lowest BCUT2D eigenvalue weighted by molar-refractivity contribution is 0.278. The van der Waals surface area contributed by atoms with Gasteiger partial charge in [-0.1, -0.05) is 6.92 Å². The van der Waals surface area contributed by atoms with Crippen LogP contribution >= 0.6 is 0 Å². The molecule has 86 valence electrons. The zero-order valence-corrected chi connectivity index (χ0v) is 10.3. The molecule has 3 heteroatoms. The fraction of sp³-hybridized carbons (Fsp3) is 1.00. The molecular weight excluding hydrogens is 174 g/mol. The van der Waals surface area contributed by atoms with Crippen molar-refractivity contribution in [3.63, 3.8) is 0 Å². The molecule has 0 aliphatic carbocycles. The first-order chi connectivity index (χ1) is 6.66. The van der Waals surface area contributed by atoms with Crippen molar-refractivity contribution in [2.75, 3.05) is 53.9 Å². The molecule has 0 fully saturated rings. The molecule has 0 bridgehead atoms. The lowest BCUT2D eigenvalue weighted by Crippen LogP contribution is -2.30. The second kappa shape index (κ2) is 9.44. The van der Waals surface area contributed by atoms with Crippen LogP contribution in [0.3, 0.4) is 0 Å². The van der Waals surface area contributed by atoms with Crippen LogP contribution in [0.1, 0.15) is 19.8 Å². The minimum Gasteiger partial charge on any atom is -0.317 e. The Morgan fingerprint density at radius 3 is 2.21 bits per heavy atom. The molecule has 0 heterocycles. The van der Waals surface area contributed by atoms with Gasteiger partial charge in [-0.2, -0.15) is 0 Å². The van der Waals surface area contributed by atoms with E-state index in [1.165, 1.54) is 25.9 Å². The maximum atomic E-state index is 3.42. The summed E-state index contributed by atoms with van der Waals surface area (Å²) in [6.07, 6.45) is 2.49. The van der Waals surface area contributed by atoms with Crippen LogP contribution in [0.15, 0.2) is 0 Å². The molecule has 0 saturated heterocycles. The van der Waals surface area contributed by atoms with Crippen molar-refractivity contribution in [1.82, 2.24) is 15.1 Å². The van der Waals surface area contributed by atoms with Crippen LogP contribution in [0.4, 0.5) is 0 Å². The van der Waals surface area contributed by atoms with Gasteiger partial charge in [-0.3, -0.25) is 0 Å². The minimum atomic E-state index is 1.15. The van der Waals surface area contributed by atoms with E-state index in [0.29, 0.717) is 0 Å². The molecule has 0 rings (SSSR count). The van der Waals surface area contributed by atoms with Crippen LogP contribution in [0.2, 0.25) is 0 Å². The molecule has 0 aliphatic heterocycles. The number of rotatable bonds is 9. The molecule has 0 aliphatic rings. The highest BCUT2D eigenvalue weighted by Crippen LogP contribution is 1.87. The van der Waals surface area contributed by atoms with Crippen LogP contribution < -0.4 is 5.32 Å². The molecule has 0 aromatic heterocycles. The van der Waals surface area contributed by atoms with Gasteiger partial charge in [0.05, 0.1) is 0 Å². The molecule has 3 nitrogen and oxygen atoms in total. The third-order valence-corrected chi connectivity index (χ3v) is 2.25. The highest BCUT2D eigenvalue weighted by atomic mass is 15.1. The van der Waals surface area contributed by atoms with E-state index in [0.717, 1.165) is 19.6 Å². The molecular formula is C11H27N3. The molecule has 0 amide bonds. The summed E-state index contributed by atoms with van der Waals surface area (Å²) in [4.78, 5) is 4.62. The van der Waals surface area contributed by atoms with E-state index >= 15 is 0 Å². The van der Waals surface area contributed by atoms with Crippen LogP contribution in [0.25, 0.3) is 0 Å². The van der Waals surface area contributed by atoms with E-state index in [2.05, 4.69) is 43.2 Å². The van der Waals surface area contributed by atoms with Crippen LogP contribution in [0.5, 0.6) is 0 Å². The van der Waals surface area contributed by atoms with E-state index in [9.17, 15) is 0 Å².